The third kappa shape index (κ3) is 3.73. The van der Waals surface area contributed by atoms with Gasteiger partial charge in [0.2, 0.25) is 0 Å². The molecule has 0 bridgehead atoms. The quantitative estimate of drug-likeness (QED) is 0.647. The van der Waals surface area contributed by atoms with Crippen molar-refractivity contribution in [2.75, 3.05) is 0 Å². The van der Waals surface area contributed by atoms with Crippen LogP contribution in [-0.4, -0.2) is 21.0 Å². The monoisotopic (exact) mass is 350 g/mol. The normalized spacial score (nSPS) is 12.7. The molecule has 0 aliphatic heterocycles. The van der Waals surface area contributed by atoms with Gasteiger partial charge in [0.1, 0.15) is 0 Å². The molecule has 0 unspecified atom stereocenters. The molecule has 1 aromatic heterocycles. The summed E-state index contributed by atoms with van der Waals surface area (Å²) >= 11 is 5.82. The number of H-pyrrole nitrogens is 1. The van der Waals surface area contributed by atoms with Gasteiger partial charge < -0.3 is 15.4 Å². The van der Waals surface area contributed by atoms with Crippen molar-refractivity contribution in [1.29, 1.82) is 0 Å². The Kier molecular flexibility index (Phi) is 4.94. The summed E-state index contributed by atoms with van der Waals surface area (Å²) in [7, 11) is 0. The molecule has 0 aliphatic rings. The zero-order valence-electron chi connectivity index (χ0n) is 13.9. The lowest BCUT2D eigenvalue weighted by Gasteiger charge is -2.20. The predicted molar refractivity (Wildman–Crippen MR) is 91.3 cm³/mol. The summed E-state index contributed by atoms with van der Waals surface area (Å²) in [5.41, 5.74) is 1.96. The zero-order valence-corrected chi connectivity index (χ0v) is 14.6. The number of hydrogen-bond acceptors (Lipinski definition) is 4. The number of halogens is 1. The Hall–Kier alpha value is -2.41. The number of carbonyl (C=O) groups is 1. The maximum absolute atomic E-state index is 12.2. The topological polar surface area (TPSA) is 101 Å². The number of carbonyl (C=O) groups excluding carboxylic acids is 1. The van der Waals surface area contributed by atoms with Gasteiger partial charge in [-0.05, 0) is 28.4 Å². The second kappa shape index (κ2) is 6.60. The Balaban J connectivity index is 2.13. The molecular formula is C16H19ClN4O3. The van der Waals surface area contributed by atoms with E-state index in [1.165, 1.54) is 5.56 Å². The molecule has 0 aliphatic carbocycles. The standard InChI is InChI=1S/C16H19ClN4O3/c1-9(10-5-7-11(8-6-10)16(2,3)4)18-15(22)13-12(17)14(20-19-13)21(23)24/h5-9H,1-4H3,(H,18,22)(H,19,20)/t9-/m1/s1. The first-order valence-electron chi connectivity index (χ1n) is 7.41. The lowest BCUT2D eigenvalue weighted by molar-refractivity contribution is -0.389. The fourth-order valence-electron chi connectivity index (χ4n) is 2.21. The number of nitrogens with one attached hydrogen (secondary N) is 2. The van der Waals surface area contributed by atoms with Gasteiger partial charge >= 0.3 is 5.82 Å². The molecule has 7 nitrogen and oxygen atoms in total. The van der Waals surface area contributed by atoms with Crippen molar-refractivity contribution in [3.63, 3.8) is 0 Å². The van der Waals surface area contributed by atoms with Gasteiger partial charge in [-0.25, -0.2) is 0 Å². The minimum absolute atomic E-state index is 0.0481. The highest BCUT2D eigenvalue weighted by atomic mass is 35.5. The molecule has 2 rings (SSSR count). The Morgan fingerprint density at radius 1 is 1.33 bits per heavy atom. The van der Waals surface area contributed by atoms with Gasteiger partial charge in [-0.3, -0.25) is 4.79 Å². The van der Waals surface area contributed by atoms with Crippen LogP contribution in [0.4, 0.5) is 5.82 Å². The van der Waals surface area contributed by atoms with Crippen LogP contribution in [0.5, 0.6) is 0 Å². The second-order valence-electron chi connectivity index (χ2n) is 6.56. The van der Waals surface area contributed by atoms with E-state index >= 15 is 0 Å². The SMILES string of the molecule is C[C@@H](NC(=O)c1n[nH]c([N+](=O)[O-])c1Cl)c1ccc(C(C)(C)C)cc1. The van der Waals surface area contributed by atoms with Gasteiger partial charge in [0.05, 0.1) is 6.04 Å². The van der Waals surface area contributed by atoms with E-state index in [0.29, 0.717) is 0 Å². The average Bonchev–Trinajstić information content (AvgIpc) is 2.88. The van der Waals surface area contributed by atoms with Gasteiger partial charge in [-0.1, -0.05) is 61.7 Å². The maximum atomic E-state index is 12.2. The lowest BCUT2D eigenvalue weighted by Crippen LogP contribution is -2.27. The molecule has 1 amide bonds. The highest BCUT2D eigenvalue weighted by Gasteiger charge is 2.26. The van der Waals surface area contributed by atoms with Crippen LogP contribution in [0, 0.1) is 10.1 Å². The summed E-state index contributed by atoms with van der Waals surface area (Å²) in [6, 6.07) is 7.63. The van der Waals surface area contributed by atoms with Crippen molar-refractivity contribution in [1.82, 2.24) is 15.5 Å². The summed E-state index contributed by atoms with van der Waals surface area (Å²) in [6.07, 6.45) is 0. The van der Waals surface area contributed by atoms with Crippen molar-refractivity contribution < 1.29 is 9.72 Å². The molecule has 0 radical (unpaired) electrons. The van der Waals surface area contributed by atoms with Crippen molar-refractivity contribution in [2.24, 2.45) is 0 Å². The average molecular weight is 351 g/mol. The first-order chi connectivity index (χ1) is 11.1. The van der Waals surface area contributed by atoms with E-state index in [1.54, 1.807) is 0 Å². The largest absolute Gasteiger partial charge is 0.362 e. The maximum Gasteiger partial charge on any atom is 0.362 e. The molecule has 2 aromatic rings. The number of benzene rings is 1. The summed E-state index contributed by atoms with van der Waals surface area (Å²) in [5, 5.41) is 18.9. The molecule has 1 atom stereocenters. The second-order valence-corrected chi connectivity index (χ2v) is 6.94. The third-order valence-corrected chi connectivity index (χ3v) is 4.07. The van der Waals surface area contributed by atoms with Crippen molar-refractivity contribution in [3.8, 4) is 0 Å². The Bertz CT molecular complexity index is 763. The van der Waals surface area contributed by atoms with Crippen molar-refractivity contribution in [2.45, 2.75) is 39.2 Å². The van der Waals surface area contributed by atoms with E-state index in [2.05, 4.69) is 36.3 Å². The van der Waals surface area contributed by atoms with Crippen LogP contribution in [0.15, 0.2) is 24.3 Å². The number of nitrogens with zero attached hydrogens (tertiary/aromatic N) is 2. The summed E-state index contributed by atoms with van der Waals surface area (Å²) in [5.74, 6) is -1.07. The van der Waals surface area contributed by atoms with Crippen LogP contribution in [0.2, 0.25) is 5.02 Å². The van der Waals surface area contributed by atoms with E-state index < -0.39 is 16.6 Å². The van der Waals surface area contributed by atoms with Crippen molar-refractivity contribution in [3.05, 3.63) is 56.2 Å². The van der Waals surface area contributed by atoms with Gasteiger partial charge in [-0.2, -0.15) is 0 Å². The van der Waals surface area contributed by atoms with Crippen LogP contribution in [0.1, 0.15) is 55.4 Å². The summed E-state index contributed by atoms with van der Waals surface area (Å²) in [4.78, 5) is 22.2. The van der Waals surface area contributed by atoms with Crippen LogP contribution in [-0.2, 0) is 5.41 Å². The fourth-order valence-corrected chi connectivity index (χ4v) is 2.45. The van der Waals surface area contributed by atoms with Gasteiger partial charge in [0, 0.05) is 0 Å². The van der Waals surface area contributed by atoms with Gasteiger partial charge in [0.15, 0.2) is 10.7 Å². The number of nitro groups is 1. The molecule has 0 fully saturated rings. The van der Waals surface area contributed by atoms with E-state index in [0.717, 1.165) is 5.56 Å². The number of aromatic amines is 1. The first-order valence-corrected chi connectivity index (χ1v) is 7.78. The van der Waals surface area contributed by atoms with Crippen LogP contribution in [0.25, 0.3) is 0 Å². The molecule has 1 heterocycles. The Morgan fingerprint density at radius 2 is 1.92 bits per heavy atom. The lowest BCUT2D eigenvalue weighted by atomic mass is 9.86. The van der Waals surface area contributed by atoms with E-state index in [9.17, 15) is 14.9 Å². The van der Waals surface area contributed by atoms with Crippen molar-refractivity contribution >= 4 is 23.3 Å². The van der Waals surface area contributed by atoms with Gasteiger partial charge in [-0.15, -0.1) is 5.10 Å². The third-order valence-electron chi connectivity index (χ3n) is 3.71. The molecule has 128 valence electrons. The molecule has 2 N–H and O–H groups in total. The van der Waals surface area contributed by atoms with E-state index in [-0.39, 0.29) is 22.2 Å². The van der Waals surface area contributed by atoms with E-state index in [1.807, 2.05) is 31.2 Å². The predicted octanol–water partition coefficient (Wildman–Crippen LogP) is 3.76. The van der Waals surface area contributed by atoms with Crippen LogP contribution < -0.4 is 5.32 Å². The summed E-state index contributed by atoms with van der Waals surface area (Å²) < 4.78 is 0. The minimum atomic E-state index is -0.721. The number of amides is 1. The number of rotatable bonds is 4. The molecule has 24 heavy (non-hydrogen) atoms. The Labute approximate surface area is 144 Å². The molecular weight excluding hydrogens is 332 g/mol. The fraction of sp³-hybridized carbons (Fsp3) is 0.375. The highest BCUT2D eigenvalue weighted by Crippen LogP contribution is 2.26. The molecule has 0 saturated heterocycles. The molecule has 1 aromatic carbocycles. The molecule has 8 heteroatoms. The Morgan fingerprint density at radius 3 is 2.38 bits per heavy atom. The van der Waals surface area contributed by atoms with E-state index in [4.69, 9.17) is 11.6 Å². The molecule has 0 saturated carbocycles. The number of aromatic nitrogens is 2. The smallest absolute Gasteiger partial charge is 0.358 e. The van der Waals surface area contributed by atoms with Crippen LogP contribution in [0.3, 0.4) is 0 Å². The highest BCUT2D eigenvalue weighted by molar-refractivity contribution is 6.35. The minimum Gasteiger partial charge on any atom is -0.358 e. The van der Waals surface area contributed by atoms with Crippen LogP contribution >= 0.6 is 11.6 Å². The van der Waals surface area contributed by atoms with Gasteiger partial charge in [0.25, 0.3) is 5.91 Å². The molecule has 0 spiro atoms. The summed E-state index contributed by atoms with van der Waals surface area (Å²) in [6.45, 7) is 8.19. The first kappa shape index (κ1) is 17.9. The number of hydrogen-bond donors (Lipinski definition) is 2. The zero-order chi connectivity index (χ0) is 18.1.